The third kappa shape index (κ3) is 4.19. The fourth-order valence-electron chi connectivity index (χ4n) is 2.54. The Morgan fingerprint density at radius 2 is 1.55 bits per heavy atom. The summed E-state index contributed by atoms with van der Waals surface area (Å²) in [6, 6.07) is 15.9. The van der Waals surface area contributed by atoms with Crippen molar-refractivity contribution in [1.82, 2.24) is 21.0 Å². The molecule has 0 radical (unpaired) electrons. The van der Waals surface area contributed by atoms with Gasteiger partial charge in [0.1, 0.15) is 5.82 Å². The van der Waals surface area contributed by atoms with Crippen LogP contribution in [0.4, 0.5) is 4.39 Å². The normalized spacial score (nSPS) is 10.5. The lowest BCUT2D eigenvalue weighted by Gasteiger charge is -2.06. The van der Waals surface area contributed by atoms with Crippen molar-refractivity contribution in [2.24, 2.45) is 0 Å². The van der Waals surface area contributed by atoms with Crippen LogP contribution in [0.1, 0.15) is 20.0 Å². The Kier molecular flexibility index (Phi) is 5.12. The number of benzene rings is 2. The van der Waals surface area contributed by atoms with E-state index in [0.29, 0.717) is 21.9 Å². The molecule has 7 nitrogen and oxygen atoms in total. The van der Waals surface area contributed by atoms with Crippen molar-refractivity contribution in [3.8, 4) is 21.9 Å². The predicted octanol–water partition coefficient (Wildman–Crippen LogP) is 3.68. The zero-order chi connectivity index (χ0) is 20.2. The van der Waals surface area contributed by atoms with Crippen molar-refractivity contribution in [3.63, 3.8) is 0 Å². The summed E-state index contributed by atoms with van der Waals surface area (Å²) in [5.74, 6) is -0.888. The van der Waals surface area contributed by atoms with Gasteiger partial charge in [0, 0.05) is 16.0 Å². The van der Waals surface area contributed by atoms with Crippen LogP contribution in [0.2, 0.25) is 0 Å². The van der Waals surface area contributed by atoms with E-state index in [-0.39, 0.29) is 5.82 Å². The number of hydrogen-bond donors (Lipinski definition) is 2. The van der Waals surface area contributed by atoms with Crippen molar-refractivity contribution in [1.29, 1.82) is 0 Å². The van der Waals surface area contributed by atoms with E-state index in [2.05, 4.69) is 21.0 Å². The molecular formula is C20H13FN4O3S. The Labute approximate surface area is 168 Å². The number of thiophene rings is 1. The van der Waals surface area contributed by atoms with Crippen LogP contribution in [0.15, 0.2) is 71.5 Å². The monoisotopic (exact) mass is 408 g/mol. The maximum atomic E-state index is 13.0. The number of hydrogen-bond acceptors (Lipinski definition) is 6. The first-order valence-electron chi connectivity index (χ1n) is 8.43. The van der Waals surface area contributed by atoms with Crippen LogP contribution in [0.3, 0.4) is 0 Å². The van der Waals surface area contributed by atoms with E-state index in [1.807, 2.05) is 0 Å². The van der Waals surface area contributed by atoms with Crippen LogP contribution in [-0.4, -0.2) is 22.0 Å². The van der Waals surface area contributed by atoms with Gasteiger partial charge in [-0.1, -0.05) is 12.1 Å². The first-order valence-corrected chi connectivity index (χ1v) is 9.25. The van der Waals surface area contributed by atoms with E-state index < -0.39 is 11.8 Å². The smallest absolute Gasteiger partial charge is 0.279 e. The molecule has 144 valence electrons. The van der Waals surface area contributed by atoms with E-state index in [0.717, 1.165) is 10.4 Å². The van der Waals surface area contributed by atoms with E-state index in [4.69, 9.17) is 4.42 Å². The van der Waals surface area contributed by atoms with Crippen LogP contribution in [0, 0.1) is 5.82 Å². The quantitative estimate of drug-likeness (QED) is 0.502. The van der Waals surface area contributed by atoms with Gasteiger partial charge in [-0.3, -0.25) is 20.4 Å². The Balaban J connectivity index is 1.37. The highest BCUT2D eigenvalue weighted by Crippen LogP contribution is 2.28. The first-order chi connectivity index (χ1) is 14.1. The average Bonchev–Trinajstić information content (AvgIpc) is 3.45. The number of nitrogens with zero attached hydrogens (tertiary/aromatic N) is 2. The molecule has 2 N–H and O–H groups in total. The topological polar surface area (TPSA) is 97.1 Å². The average molecular weight is 408 g/mol. The summed E-state index contributed by atoms with van der Waals surface area (Å²) in [6.07, 6.45) is 1.22. The molecule has 29 heavy (non-hydrogen) atoms. The molecule has 9 heteroatoms. The van der Waals surface area contributed by atoms with Crippen molar-refractivity contribution in [3.05, 3.63) is 83.3 Å². The second-order valence-electron chi connectivity index (χ2n) is 5.90. The number of rotatable bonds is 4. The van der Waals surface area contributed by atoms with Gasteiger partial charge in [-0.2, -0.15) is 0 Å². The maximum Gasteiger partial charge on any atom is 0.279 e. The fourth-order valence-corrected chi connectivity index (χ4v) is 3.45. The number of halogens is 1. The van der Waals surface area contributed by atoms with Gasteiger partial charge in [-0.15, -0.1) is 21.5 Å². The summed E-state index contributed by atoms with van der Waals surface area (Å²) in [6.45, 7) is 0. The molecule has 2 aromatic heterocycles. The Bertz CT molecular complexity index is 1140. The Morgan fingerprint density at radius 3 is 2.24 bits per heavy atom. The number of amides is 2. The molecule has 2 heterocycles. The lowest BCUT2D eigenvalue weighted by Crippen LogP contribution is -2.41. The summed E-state index contributed by atoms with van der Waals surface area (Å²) in [7, 11) is 0. The zero-order valence-corrected chi connectivity index (χ0v) is 15.6. The van der Waals surface area contributed by atoms with Gasteiger partial charge in [0.15, 0.2) is 0 Å². The molecule has 2 aromatic carbocycles. The van der Waals surface area contributed by atoms with Gasteiger partial charge in [-0.05, 0) is 54.1 Å². The minimum Gasteiger partial charge on any atom is -0.423 e. The van der Waals surface area contributed by atoms with Gasteiger partial charge in [0.2, 0.25) is 12.3 Å². The van der Waals surface area contributed by atoms with Crippen molar-refractivity contribution >= 4 is 23.2 Å². The molecule has 0 fully saturated rings. The van der Waals surface area contributed by atoms with E-state index in [1.54, 1.807) is 48.5 Å². The van der Waals surface area contributed by atoms with E-state index >= 15 is 0 Å². The second kappa shape index (κ2) is 8.03. The molecule has 0 atom stereocenters. The van der Waals surface area contributed by atoms with Crippen molar-refractivity contribution in [2.45, 2.75) is 0 Å². The molecule has 0 aliphatic rings. The molecule has 4 aromatic rings. The lowest BCUT2D eigenvalue weighted by molar-refractivity contribution is 0.0849. The Hall–Kier alpha value is -3.85. The van der Waals surface area contributed by atoms with Gasteiger partial charge >= 0.3 is 0 Å². The lowest BCUT2D eigenvalue weighted by atomic mass is 10.1. The Morgan fingerprint density at radius 1 is 0.862 bits per heavy atom. The molecule has 4 rings (SSSR count). The fraction of sp³-hybridized carbons (Fsp3) is 0. The third-order valence-corrected chi connectivity index (χ3v) is 5.14. The van der Waals surface area contributed by atoms with Crippen LogP contribution in [0.5, 0.6) is 0 Å². The standard InChI is InChI=1S/C20H13FN4O3S/c21-15-7-5-12(6-8-15)16-9-10-17(29-16)19(27)24-23-18(26)13-1-3-14(4-2-13)20-25-22-11-28-20/h1-11H,(H,23,26)(H,24,27). The van der Waals surface area contributed by atoms with Gasteiger partial charge in [0.25, 0.3) is 11.8 Å². The highest BCUT2D eigenvalue weighted by molar-refractivity contribution is 7.17. The molecule has 0 aliphatic heterocycles. The second-order valence-corrected chi connectivity index (χ2v) is 6.98. The number of hydrazine groups is 1. The number of nitrogens with one attached hydrogen (secondary N) is 2. The number of carbonyl (C=O) groups is 2. The first kappa shape index (κ1) is 18.5. The SMILES string of the molecule is O=C(NNC(=O)c1ccc(-c2ccc(F)cc2)s1)c1ccc(-c2nnco2)cc1. The van der Waals surface area contributed by atoms with Gasteiger partial charge < -0.3 is 4.42 Å². The number of aromatic nitrogens is 2. The largest absolute Gasteiger partial charge is 0.423 e. The summed E-state index contributed by atoms with van der Waals surface area (Å²) in [4.78, 5) is 25.7. The van der Waals surface area contributed by atoms with Crippen molar-refractivity contribution in [2.75, 3.05) is 0 Å². The molecule has 0 unspecified atom stereocenters. The number of carbonyl (C=O) groups excluding carboxylic acids is 2. The zero-order valence-electron chi connectivity index (χ0n) is 14.8. The highest BCUT2D eigenvalue weighted by Gasteiger charge is 2.13. The van der Waals surface area contributed by atoms with Crippen LogP contribution < -0.4 is 10.9 Å². The molecular weight excluding hydrogens is 395 g/mol. The van der Waals surface area contributed by atoms with Crippen LogP contribution in [-0.2, 0) is 0 Å². The minimum atomic E-state index is -0.467. The summed E-state index contributed by atoms with van der Waals surface area (Å²) < 4.78 is 18.1. The van der Waals surface area contributed by atoms with Crippen LogP contribution >= 0.6 is 11.3 Å². The third-order valence-electron chi connectivity index (χ3n) is 4.00. The van der Waals surface area contributed by atoms with Gasteiger partial charge in [-0.25, -0.2) is 4.39 Å². The molecule has 0 saturated heterocycles. The molecule has 0 saturated carbocycles. The van der Waals surface area contributed by atoms with E-state index in [1.165, 1.54) is 29.9 Å². The molecule has 0 spiro atoms. The predicted molar refractivity (Wildman–Crippen MR) is 104 cm³/mol. The van der Waals surface area contributed by atoms with Gasteiger partial charge in [0.05, 0.1) is 4.88 Å². The molecule has 0 bridgehead atoms. The molecule has 2 amide bonds. The van der Waals surface area contributed by atoms with E-state index in [9.17, 15) is 14.0 Å². The summed E-state index contributed by atoms with van der Waals surface area (Å²) in [5.41, 5.74) is 6.60. The van der Waals surface area contributed by atoms with Crippen molar-refractivity contribution < 1.29 is 18.4 Å². The van der Waals surface area contributed by atoms with Crippen LogP contribution in [0.25, 0.3) is 21.9 Å². The molecule has 0 aliphatic carbocycles. The minimum absolute atomic E-state index is 0.323. The maximum absolute atomic E-state index is 13.0. The summed E-state index contributed by atoms with van der Waals surface area (Å²) >= 11 is 1.24. The highest BCUT2D eigenvalue weighted by atomic mass is 32.1. The summed E-state index contributed by atoms with van der Waals surface area (Å²) in [5, 5.41) is 7.39.